The van der Waals surface area contributed by atoms with Crippen LogP contribution in [-0.4, -0.2) is 40.8 Å². The molecule has 1 aromatic heterocycles. The number of ether oxygens (including phenoxy) is 2. The maximum Gasteiger partial charge on any atom is 0.191 e. The molecule has 0 unspecified atom stereocenters. The highest BCUT2D eigenvalue weighted by atomic mass is 35.5. The Bertz CT molecular complexity index is 536. The minimum absolute atomic E-state index is 0.561. The van der Waals surface area contributed by atoms with Gasteiger partial charge in [-0.1, -0.05) is 35.5 Å². The van der Waals surface area contributed by atoms with E-state index in [1.807, 2.05) is 28.8 Å². The van der Waals surface area contributed by atoms with Gasteiger partial charge in [0.1, 0.15) is 12.1 Å². The zero-order chi connectivity index (χ0) is 14.2. The Balaban J connectivity index is 1.76. The lowest BCUT2D eigenvalue weighted by molar-refractivity contribution is 0.184. The first-order chi connectivity index (χ1) is 9.81. The van der Waals surface area contributed by atoms with Crippen molar-refractivity contribution in [3.63, 3.8) is 0 Å². The van der Waals surface area contributed by atoms with E-state index >= 15 is 0 Å². The molecule has 0 amide bonds. The first kappa shape index (κ1) is 15.2. The van der Waals surface area contributed by atoms with E-state index in [2.05, 4.69) is 10.2 Å². The van der Waals surface area contributed by atoms with Gasteiger partial charge in [-0.2, -0.15) is 0 Å². The summed E-state index contributed by atoms with van der Waals surface area (Å²) in [4.78, 5) is 0. The van der Waals surface area contributed by atoms with Gasteiger partial charge < -0.3 is 14.0 Å². The first-order valence-electron chi connectivity index (χ1n) is 6.18. The summed E-state index contributed by atoms with van der Waals surface area (Å²) in [5, 5.41) is 9.46. The van der Waals surface area contributed by atoms with Crippen molar-refractivity contribution in [2.24, 2.45) is 0 Å². The largest absolute Gasteiger partial charge is 0.491 e. The average Bonchev–Trinajstić information content (AvgIpc) is 2.90. The van der Waals surface area contributed by atoms with Crippen LogP contribution in [0.2, 0.25) is 5.02 Å². The molecule has 0 fully saturated rings. The van der Waals surface area contributed by atoms with E-state index in [1.54, 1.807) is 25.2 Å². The van der Waals surface area contributed by atoms with Crippen LogP contribution in [0.25, 0.3) is 0 Å². The highest BCUT2D eigenvalue weighted by molar-refractivity contribution is 7.99. The van der Waals surface area contributed by atoms with Crippen LogP contribution in [-0.2, 0) is 11.3 Å². The molecule has 7 heteroatoms. The van der Waals surface area contributed by atoms with Gasteiger partial charge in [0.25, 0.3) is 0 Å². The molecule has 0 aliphatic carbocycles. The van der Waals surface area contributed by atoms with E-state index < -0.39 is 0 Å². The molecule has 2 rings (SSSR count). The number of thioether (sulfide) groups is 1. The fourth-order valence-corrected chi connectivity index (χ4v) is 2.49. The number of hydrogen-bond acceptors (Lipinski definition) is 5. The lowest BCUT2D eigenvalue weighted by Gasteiger charge is -2.08. The third kappa shape index (κ3) is 4.40. The number of halogens is 1. The van der Waals surface area contributed by atoms with Crippen LogP contribution < -0.4 is 4.74 Å². The third-order valence-corrected chi connectivity index (χ3v) is 3.78. The number of aromatic nitrogens is 3. The Labute approximate surface area is 127 Å². The van der Waals surface area contributed by atoms with Crippen molar-refractivity contribution in [2.45, 2.75) is 11.7 Å². The Kier molecular flexibility index (Phi) is 6.17. The van der Waals surface area contributed by atoms with Crippen molar-refractivity contribution >= 4 is 23.4 Å². The molecule has 0 N–H and O–H groups in total. The molecule has 0 bridgehead atoms. The standard InChI is InChI=1S/C13H16ClN3O2S/c1-18-7-6-17-10-15-16-13(17)20-9-8-19-12-5-3-2-4-11(12)14/h2-5,10H,6-9H2,1H3. The monoisotopic (exact) mass is 313 g/mol. The van der Waals surface area contributed by atoms with Gasteiger partial charge >= 0.3 is 0 Å². The zero-order valence-corrected chi connectivity index (χ0v) is 12.7. The Morgan fingerprint density at radius 1 is 1.30 bits per heavy atom. The summed E-state index contributed by atoms with van der Waals surface area (Å²) in [7, 11) is 1.68. The molecule has 0 aliphatic heterocycles. The van der Waals surface area contributed by atoms with Crippen molar-refractivity contribution in [1.29, 1.82) is 0 Å². The number of rotatable bonds is 8. The Hall–Kier alpha value is -1.24. The van der Waals surface area contributed by atoms with E-state index in [1.165, 1.54) is 0 Å². The van der Waals surface area contributed by atoms with Crippen LogP contribution >= 0.6 is 23.4 Å². The predicted molar refractivity (Wildman–Crippen MR) is 79.6 cm³/mol. The summed E-state index contributed by atoms with van der Waals surface area (Å²) in [6, 6.07) is 7.44. The second kappa shape index (κ2) is 8.14. The lowest BCUT2D eigenvalue weighted by Crippen LogP contribution is -2.06. The molecule has 20 heavy (non-hydrogen) atoms. The molecule has 5 nitrogen and oxygen atoms in total. The van der Waals surface area contributed by atoms with Crippen LogP contribution in [0.4, 0.5) is 0 Å². The second-order valence-corrected chi connectivity index (χ2v) is 5.40. The summed E-state index contributed by atoms with van der Waals surface area (Å²) >= 11 is 7.61. The minimum atomic E-state index is 0.561. The van der Waals surface area contributed by atoms with E-state index in [9.17, 15) is 0 Å². The number of methoxy groups -OCH3 is 1. The number of para-hydroxylation sites is 1. The molecule has 108 valence electrons. The van der Waals surface area contributed by atoms with Gasteiger partial charge in [0.2, 0.25) is 0 Å². The fourth-order valence-electron chi connectivity index (χ4n) is 1.55. The van der Waals surface area contributed by atoms with Crippen molar-refractivity contribution in [3.8, 4) is 5.75 Å². The van der Waals surface area contributed by atoms with E-state index in [0.29, 0.717) is 24.0 Å². The van der Waals surface area contributed by atoms with Crippen LogP contribution in [0.3, 0.4) is 0 Å². The van der Waals surface area contributed by atoms with Gasteiger partial charge in [0.05, 0.1) is 18.2 Å². The molecular weight excluding hydrogens is 298 g/mol. The van der Waals surface area contributed by atoms with Crippen molar-refractivity contribution in [3.05, 3.63) is 35.6 Å². The molecule has 0 spiro atoms. The van der Waals surface area contributed by atoms with E-state index in [4.69, 9.17) is 21.1 Å². The highest BCUT2D eigenvalue weighted by Gasteiger charge is 2.05. The van der Waals surface area contributed by atoms with Crippen LogP contribution in [0.5, 0.6) is 5.75 Å². The van der Waals surface area contributed by atoms with Crippen LogP contribution in [0.15, 0.2) is 35.7 Å². The molecule has 1 heterocycles. The Morgan fingerprint density at radius 3 is 2.95 bits per heavy atom. The fraction of sp³-hybridized carbons (Fsp3) is 0.385. The summed E-state index contributed by atoms with van der Waals surface area (Å²) in [5.41, 5.74) is 0. The first-order valence-corrected chi connectivity index (χ1v) is 7.54. The van der Waals surface area contributed by atoms with Crippen molar-refractivity contribution < 1.29 is 9.47 Å². The van der Waals surface area contributed by atoms with Crippen LogP contribution in [0.1, 0.15) is 0 Å². The van der Waals surface area contributed by atoms with Crippen molar-refractivity contribution in [1.82, 2.24) is 14.8 Å². The van der Waals surface area contributed by atoms with Gasteiger partial charge in [0.15, 0.2) is 5.16 Å². The quantitative estimate of drug-likeness (QED) is 0.554. The molecule has 1 aromatic carbocycles. The summed E-state index contributed by atoms with van der Waals surface area (Å²) in [6.07, 6.45) is 1.70. The number of benzene rings is 1. The Morgan fingerprint density at radius 2 is 2.15 bits per heavy atom. The third-order valence-electron chi connectivity index (χ3n) is 2.53. The average molecular weight is 314 g/mol. The summed E-state index contributed by atoms with van der Waals surface area (Å²) < 4.78 is 12.6. The second-order valence-electron chi connectivity index (χ2n) is 3.93. The molecule has 2 aromatic rings. The normalized spacial score (nSPS) is 10.7. The van der Waals surface area contributed by atoms with Gasteiger partial charge in [-0.15, -0.1) is 10.2 Å². The van der Waals surface area contributed by atoms with E-state index in [0.717, 1.165) is 17.5 Å². The summed E-state index contributed by atoms with van der Waals surface area (Å²) in [6.45, 7) is 1.95. The topological polar surface area (TPSA) is 49.2 Å². The molecule has 0 atom stereocenters. The maximum atomic E-state index is 6.01. The van der Waals surface area contributed by atoms with E-state index in [-0.39, 0.29) is 0 Å². The van der Waals surface area contributed by atoms with Crippen molar-refractivity contribution in [2.75, 3.05) is 26.1 Å². The smallest absolute Gasteiger partial charge is 0.191 e. The van der Waals surface area contributed by atoms with Gasteiger partial charge in [0, 0.05) is 19.4 Å². The van der Waals surface area contributed by atoms with Gasteiger partial charge in [-0.3, -0.25) is 0 Å². The van der Waals surface area contributed by atoms with Gasteiger partial charge in [-0.25, -0.2) is 0 Å². The zero-order valence-electron chi connectivity index (χ0n) is 11.2. The molecule has 0 aliphatic rings. The SMILES string of the molecule is COCCn1cnnc1SCCOc1ccccc1Cl. The number of hydrogen-bond donors (Lipinski definition) is 0. The van der Waals surface area contributed by atoms with Gasteiger partial charge in [-0.05, 0) is 12.1 Å². The molecule has 0 radical (unpaired) electrons. The molecule has 0 saturated heterocycles. The van der Waals surface area contributed by atoms with Crippen LogP contribution in [0, 0.1) is 0 Å². The maximum absolute atomic E-state index is 6.01. The predicted octanol–water partition coefficient (Wildman–Crippen LogP) is 2.75. The summed E-state index contributed by atoms with van der Waals surface area (Å²) in [5.74, 6) is 1.48. The highest BCUT2D eigenvalue weighted by Crippen LogP contribution is 2.23. The lowest BCUT2D eigenvalue weighted by atomic mass is 10.3. The number of nitrogens with zero attached hydrogens (tertiary/aromatic N) is 3. The molecule has 0 saturated carbocycles. The minimum Gasteiger partial charge on any atom is -0.491 e. The molecular formula is C13H16ClN3O2S.